The molecule has 0 spiro atoms. The van der Waals surface area contributed by atoms with Crippen LogP contribution in [-0.2, 0) is 13.0 Å². The highest BCUT2D eigenvalue weighted by Crippen LogP contribution is 2.23. The highest BCUT2D eigenvalue weighted by Gasteiger charge is 2.31. The van der Waals surface area contributed by atoms with Crippen LogP contribution in [0.2, 0.25) is 0 Å². The summed E-state index contributed by atoms with van der Waals surface area (Å²) in [5.74, 6) is 0.128. The van der Waals surface area contributed by atoms with Gasteiger partial charge >= 0.3 is 0 Å². The fourth-order valence-corrected chi connectivity index (χ4v) is 4.17. The number of nitrogens with one attached hydrogen (secondary N) is 1. The van der Waals surface area contributed by atoms with Gasteiger partial charge in [-0.15, -0.1) is 0 Å². The van der Waals surface area contributed by atoms with Gasteiger partial charge in [-0.2, -0.15) is 0 Å². The molecule has 2 aliphatic heterocycles. The Morgan fingerprint density at radius 1 is 1.00 bits per heavy atom. The summed E-state index contributed by atoms with van der Waals surface area (Å²) in [4.78, 5) is 34.6. The summed E-state index contributed by atoms with van der Waals surface area (Å²) in [5, 5.41) is 2.91. The van der Waals surface area contributed by atoms with E-state index in [0.29, 0.717) is 24.6 Å². The molecule has 1 N–H and O–H groups in total. The van der Waals surface area contributed by atoms with Gasteiger partial charge < -0.3 is 19.7 Å². The largest absolute Gasteiger partial charge is 0.368 e. The van der Waals surface area contributed by atoms with E-state index in [2.05, 4.69) is 27.3 Å². The van der Waals surface area contributed by atoms with Gasteiger partial charge in [0.15, 0.2) is 5.82 Å². The third-order valence-electron chi connectivity index (χ3n) is 5.63. The minimum absolute atomic E-state index is 0.0317. The monoisotopic (exact) mass is 395 g/mol. The summed E-state index contributed by atoms with van der Waals surface area (Å²) >= 11 is 0. The molecular formula is C22H29N5O2. The Morgan fingerprint density at radius 2 is 1.72 bits per heavy atom. The number of anilines is 1. The molecule has 2 aromatic rings. The Kier molecular flexibility index (Phi) is 5.56. The summed E-state index contributed by atoms with van der Waals surface area (Å²) in [6.45, 7) is 7.52. The predicted molar refractivity (Wildman–Crippen MR) is 112 cm³/mol. The second kappa shape index (κ2) is 8.27. The molecule has 0 unspecified atom stereocenters. The lowest BCUT2D eigenvalue weighted by Crippen LogP contribution is -2.49. The van der Waals surface area contributed by atoms with E-state index in [-0.39, 0.29) is 17.9 Å². The summed E-state index contributed by atoms with van der Waals surface area (Å²) in [7, 11) is 0. The van der Waals surface area contributed by atoms with Gasteiger partial charge in [0.1, 0.15) is 5.69 Å². The van der Waals surface area contributed by atoms with Crippen molar-refractivity contribution in [2.75, 3.05) is 31.1 Å². The highest BCUT2D eigenvalue weighted by molar-refractivity contribution is 5.97. The van der Waals surface area contributed by atoms with Crippen molar-refractivity contribution in [3.05, 3.63) is 47.5 Å². The van der Waals surface area contributed by atoms with Crippen molar-refractivity contribution < 1.29 is 9.59 Å². The third kappa shape index (κ3) is 3.99. The number of amides is 2. The fourth-order valence-electron chi connectivity index (χ4n) is 4.17. The number of para-hydroxylation sites is 1. The average molecular weight is 396 g/mol. The quantitative estimate of drug-likeness (QED) is 0.863. The number of rotatable bonds is 4. The topological polar surface area (TPSA) is 70.5 Å². The lowest BCUT2D eigenvalue weighted by atomic mass is 10.1. The van der Waals surface area contributed by atoms with E-state index in [1.165, 1.54) is 5.69 Å². The molecule has 154 valence electrons. The summed E-state index contributed by atoms with van der Waals surface area (Å²) in [5.41, 5.74) is 2.57. The van der Waals surface area contributed by atoms with Gasteiger partial charge in [-0.1, -0.05) is 18.2 Å². The van der Waals surface area contributed by atoms with E-state index in [1.54, 1.807) is 0 Å². The van der Waals surface area contributed by atoms with E-state index in [4.69, 9.17) is 0 Å². The molecule has 4 rings (SSSR count). The zero-order valence-electron chi connectivity index (χ0n) is 17.2. The summed E-state index contributed by atoms with van der Waals surface area (Å²) in [6, 6.07) is 10.3. The summed E-state index contributed by atoms with van der Waals surface area (Å²) in [6.07, 6.45) is 2.83. The van der Waals surface area contributed by atoms with Crippen molar-refractivity contribution >= 4 is 17.5 Å². The molecule has 0 saturated carbocycles. The Balaban J connectivity index is 1.52. The fraction of sp³-hybridized carbons (Fsp3) is 0.500. The van der Waals surface area contributed by atoms with Crippen molar-refractivity contribution in [2.45, 2.75) is 45.7 Å². The van der Waals surface area contributed by atoms with Gasteiger partial charge in [0.25, 0.3) is 11.8 Å². The number of hydrogen-bond donors (Lipinski definition) is 1. The first-order chi connectivity index (χ1) is 14.0. The molecule has 1 fully saturated rings. The van der Waals surface area contributed by atoms with Gasteiger partial charge in [-0.25, -0.2) is 4.98 Å². The Morgan fingerprint density at radius 3 is 2.41 bits per heavy atom. The Labute approximate surface area is 171 Å². The van der Waals surface area contributed by atoms with E-state index in [9.17, 15) is 9.59 Å². The van der Waals surface area contributed by atoms with Crippen LogP contribution in [0.15, 0.2) is 30.3 Å². The first-order valence-electron chi connectivity index (χ1n) is 10.5. The lowest BCUT2D eigenvalue weighted by Gasteiger charge is -2.36. The van der Waals surface area contributed by atoms with Gasteiger partial charge in [-0.05, 0) is 45.2 Å². The number of piperazine rings is 1. The number of nitrogens with zero attached hydrogens (tertiary/aromatic N) is 4. The van der Waals surface area contributed by atoms with Crippen molar-refractivity contribution in [3.8, 4) is 0 Å². The molecule has 0 radical (unpaired) electrons. The van der Waals surface area contributed by atoms with Crippen LogP contribution in [0.5, 0.6) is 0 Å². The smallest absolute Gasteiger partial charge is 0.287 e. The average Bonchev–Trinajstić information content (AvgIpc) is 3.13. The Bertz CT molecular complexity index is 882. The normalized spacial score (nSPS) is 16.7. The second-order valence-electron chi connectivity index (χ2n) is 8.08. The second-order valence-corrected chi connectivity index (χ2v) is 8.08. The standard InChI is InChI=1S/C22H29N5O2/c1-16(2)23-21(28)20-24-19(18-10-6-7-11-27(18)20)22(29)26-14-12-25(13-15-26)17-8-4-3-5-9-17/h3-5,8-9,16H,6-7,10-15H2,1-2H3,(H,23,28). The van der Waals surface area contributed by atoms with Crippen LogP contribution in [0.1, 0.15) is 53.5 Å². The van der Waals surface area contributed by atoms with Crippen LogP contribution in [-0.4, -0.2) is 58.5 Å². The lowest BCUT2D eigenvalue weighted by molar-refractivity contribution is 0.0739. The zero-order valence-corrected chi connectivity index (χ0v) is 17.2. The minimum atomic E-state index is -0.198. The molecule has 7 heteroatoms. The highest BCUT2D eigenvalue weighted by atomic mass is 16.2. The van der Waals surface area contributed by atoms with Crippen molar-refractivity contribution in [1.29, 1.82) is 0 Å². The molecule has 7 nitrogen and oxygen atoms in total. The third-order valence-corrected chi connectivity index (χ3v) is 5.63. The molecule has 1 aromatic heterocycles. The number of carbonyl (C=O) groups is 2. The van der Waals surface area contributed by atoms with Crippen molar-refractivity contribution in [1.82, 2.24) is 19.8 Å². The molecule has 2 amide bonds. The zero-order chi connectivity index (χ0) is 20.4. The number of aromatic nitrogens is 2. The van der Waals surface area contributed by atoms with Crippen LogP contribution < -0.4 is 10.2 Å². The van der Waals surface area contributed by atoms with Crippen molar-refractivity contribution in [2.24, 2.45) is 0 Å². The molecular weight excluding hydrogens is 366 g/mol. The maximum atomic E-state index is 13.3. The van der Waals surface area contributed by atoms with Crippen LogP contribution >= 0.6 is 0 Å². The van der Waals surface area contributed by atoms with E-state index in [0.717, 1.165) is 44.6 Å². The van der Waals surface area contributed by atoms with Crippen LogP contribution in [0.3, 0.4) is 0 Å². The number of imidazole rings is 1. The Hall–Kier alpha value is -2.83. The number of fused-ring (bicyclic) bond motifs is 1. The SMILES string of the molecule is CC(C)NC(=O)c1nc(C(=O)N2CCN(c3ccccc3)CC2)c2n1CCCC2. The number of carbonyl (C=O) groups excluding carboxylic acids is 2. The van der Waals surface area contributed by atoms with Crippen LogP contribution in [0.25, 0.3) is 0 Å². The molecule has 3 heterocycles. The number of hydrogen-bond acceptors (Lipinski definition) is 4. The predicted octanol–water partition coefficient (Wildman–Crippen LogP) is 2.32. The molecule has 1 saturated heterocycles. The van der Waals surface area contributed by atoms with Gasteiger partial charge in [0.05, 0.1) is 5.69 Å². The molecule has 29 heavy (non-hydrogen) atoms. The maximum absolute atomic E-state index is 13.3. The van der Waals surface area contributed by atoms with Gasteiger partial charge in [0.2, 0.25) is 0 Å². The maximum Gasteiger partial charge on any atom is 0.287 e. The van der Waals surface area contributed by atoms with Crippen LogP contribution in [0, 0.1) is 0 Å². The van der Waals surface area contributed by atoms with Crippen molar-refractivity contribution in [3.63, 3.8) is 0 Å². The number of benzene rings is 1. The molecule has 0 bridgehead atoms. The van der Waals surface area contributed by atoms with E-state index < -0.39 is 0 Å². The molecule has 2 aliphatic rings. The molecule has 1 aromatic carbocycles. The first kappa shape index (κ1) is 19.5. The minimum Gasteiger partial charge on any atom is -0.368 e. The molecule has 0 atom stereocenters. The van der Waals surface area contributed by atoms with Gasteiger partial charge in [-0.3, -0.25) is 9.59 Å². The van der Waals surface area contributed by atoms with Crippen LogP contribution in [0.4, 0.5) is 5.69 Å². The summed E-state index contributed by atoms with van der Waals surface area (Å²) < 4.78 is 1.95. The first-order valence-corrected chi connectivity index (χ1v) is 10.5. The van der Waals surface area contributed by atoms with Gasteiger partial charge in [0, 0.05) is 44.5 Å². The molecule has 0 aliphatic carbocycles. The van der Waals surface area contributed by atoms with E-state index >= 15 is 0 Å². The van der Waals surface area contributed by atoms with E-state index in [1.807, 2.05) is 41.5 Å².